The Labute approximate surface area is 77.3 Å². The molecule has 0 spiro atoms. The molecule has 0 unspecified atom stereocenters. The summed E-state index contributed by atoms with van der Waals surface area (Å²) in [6.07, 6.45) is 0. The standard InChI is InChI=1S/C7H8O.2FH.Ru/c1-8-7-5-3-2-4-6-7;;;/h2-6H,1H3;2*1H;. The van der Waals surface area contributed by atoms with E-state index in [0.717, 1.165) is 5.75 Å². The van der Waals surface area contributed by atoms with Crippen molar-refractivity contribution in [3.63, 3.8) is 0 Å². The Morgan fingerprint density at radius 2 is 1.45 bits per heavy atom. The van der Waals surface area contributed by atoms with Gasteiger partial charge >= 0.3 is 0 Å². The minimum Gasteiger partial charge on any atom is -0.497 e. The second-order valence-corrected chi connectivity index (χ2v) is 1.52. The quantitative estimate of drug-likeness (QED) is 0.692. The van der Waals surface area contributed by atoms with Gasteiger partial charge in [0.2, 0.25) is 0 Å². The van der Waals surface area contributed by atoms with Gasteiger partial charge in [0, 0.05) is 19.5 Å². The third-order valence-electron chi connectivity index (χ3n) is 0.979. The third-order valence-corrected chi connectivity index (χ3v) is 0.979. The topological polar surface area (TPSA) is 9.23 Å². The predicted molar refractivity (Wildman–Crippen MR) is 38.0 cm³/mol. The summed E-state index contributed by atoms with van der Waals surface area (Å²) in [5.74, 6) is 0.910. The molecule has 11 heavy (non-hydrogen) atoms. The fraction of sp³-hybridized carbons (Fsp3) is 0.143. The Morgan fingerprint density at radius 3 is 1.73 bits per heavy atom. The van der Waals surface area contributed by atoms with E-state index in [4.69, 9.17) is 4.74 Å². The first-order valence-corrected chi connectivity index (χ1v) is 2.52. The van der Waals surface area contributed by atoms with Crippen LogP contribution in [0.5, 0.6) is 5.75 Å². The fourth-order valence-corrected chi connectivity index (χ4v) is 0.557. The van der Waals surface area contributed by atoms with Crippen molar-refractivity contribution in [3.8, 4) is 5.75 Å². The molecule has 0 fully saturated rings. The van der Waals surface area contributed by atoms with Gasteiger partial charge < -0.3 is 4.74 Å². The van der Waals surface area contributed by atoms with E-state index in [2.05, 4.69) is 0 Å². The van der Waals surface area contributed by atoms with Gasteiger partial charge in [0.15, 0.2) is 0 Å². The average Bonchev–Trinajstić information content (AvgIpc) is 1.90. The number of rotatable bonds is 1. The van der Waals surface area contributed by atoms with E-state index in [0.29, 0.717) is 0 Å². The molecule has 1 rings (SSSR count). The summed E-state index contributed by atoms with van der Waals surface area (Å²) in [6, 6.07) is 9.68. The first kappa shape index (κ1) is 16.8. The Bertz CT molecular complexity index is 158. The van der Waals surface area contributed by atoms with Gasteiger partial charge in [-0.15, -0.1) is 0 Å². The van der Waals surface area contributed by atoms with Crippen molar-refractivity contribution < 1.29 is 33.6 Å². The molecule has 1 aromatic rings. The fourth-order valence-electron chi connectivity index (χ4n) is 0.557. The maximum atomic E-state index is 4.91. The van der Waals surface area contributed by atoms with Crippen LogP contribution in [0.25, 0.3) is 0 Å². The number of benzene rings is 1. The van der Waals surface area contributed by atoms with Crippen molar-refractivity contribution in [2.24, 2.45) is 0 Å². The summed E-state index contributed by atoms with van der Waals surface area (Å²) in [7, 11) is 1.66. The summed E-state index contributed by atoms with van der Waals surface area (Å²) < 4.78 is 4.91. The van der Waals surface area contributed by atoms with Gasteiger partial charge in [0.25, 0.3) is 0 Å². The molecule has 0 heterocycles. The second kappa shape index (κ2) is 9.50. The first-order valence-electron chi connectivity index (χ1n) is 2.52. The molecular weight excluding hydrogens is 239 g/mol. The molecule has 0 saturated carbocycles. The van der Waals surface area contributed by atoms with Crippen molar-refractivity contribution in [2.45, 2.75) is 0 Å². The predicted octanol–water partition coefficient (Wildman–Crippen LogP) is 2.00. The van der Waals surface area contributed by atoms with E-state index in [1.165, 1.54) is 0 Å². The van der Waals surface area contributed by atoms with Crippen LogP contribution in [-0.4, -0.2) is 7.11 Å². The van der Waals surface area contributed by atoms with Crippen LogP contribution in [-0.2, 0) is 19.5 Å². The number of methoxy groups -OCH3 is 1. The molecule has 0 atom stereocenters. The van der Waals surface area contributed by atoms with Gasteiger partial charge in [0.1, 0.15) is 5.75 Å². The van der Waals surface area contributed by atoms with Crippen LogP contribution >= 0.6 is 0 Å². The molecule has 1 aromatic carbocycles. The van der Waals surface area contributed by atoms with Gasteiger partial charge in [-0.1, -0.05) is 18.2 Å². The monoisotopic (exact) mass is 250 g/mol. The molecule has 4 heteroatoms. The summed E-state index contributed by atoms with van der Waals surface area (Å²) in [5.41, 5.74) is 0. The largest absolute Gasteiger partial charge is 0.497 e. The zero-order valence-corrected chi connectivity index (χ0v) is 7.70. The van der Waals surface area contributed by atoms with Crippen molar-refractivity contribution in [1.82, 2.24) is 0 Å². The van der Waals surface area contributed by atoms with Crippen LogP contribution < -0.4 is 4.74 Å². The van der Waals surface area contributed by atoms with Crippen molar-refractivity contribution in [1.29, 1.82) is 0 Å². The molecule has 0 aliphatic rings. The van der Waals surface area contributed by atoms with Crippen molar-refractivity contribution in [3.05, 3.63) is 30.3 Å². The van der Waals surface area contributed by atoms with E-state index >= 15 is 0 Å². The van der Waals surface area contributed by atoms with Crippen molar-refractivity contribution in [2.75, 3.05) is 7.11 Å². The zero-order valence-electron chi connectivity index (χ0n) is 5.97. The van der Waals surface area contributed by atoms with E-state index in [1.54, 1.807) is 7.11 Å². The maximum Gasteiger partial charge on any atom is 0.118 e. The normalized spacial score (nSPS) is 6.27. The molecule has 0 saturated heterocycles. The Kier molecular flexibility index (Phi) is 14.6. The summed E-state index contributed by atoms with van der Waals surface area (Å²) in [6.45, 7) is 0. The molecule has 1 nitrogen and oxygen atoms in total. The summed E-state index contributed by atoms with van der Waals surface area (Å²) >= 11 is 0. The smallest absolute Gasteiger partial charge is 0.118 e. The van der Waals surface area contributed by atoms with E-state index < -0.39 is 0 Å². The molecule has 0 aromatic heterocycles. The molecule has 0 bridgehead atoms. The van der Waals surface area contributed by atoms with Gasteiger partial charge in [-0.05, 0) is 12.1 Å². The Balaban J connectivity index is -0.000000213. The Hall–Kier alpha value is -0.497. The summed E-state index contributed by atoms with van der Waals surface area (Å²) in [5, 5.41) is 0. The first-order chi connectivity index (χ1) is 3.93. The van der Waals surface area contributed by atoms with Crippen molar-refractivity contribution >= 4 is 0 Å². The van der Waals surface area contributed by atoms with Crippen LogP contribution in [0.1, 0.15) is 0 Å². The van der Waals surface area contributed by atoms with Gasteiger partial charge in [-0.25, -0.2) is 0 Å². The minimum absolute atomic E-state index is 0. The van der Waals surface area contributed by atoms with Crippen LogP contribution in [0.15, 0.2) is 30.3 Å². The van der Waals surface area contributed by atoms with Crippen LogP contribution in [0.3, 0.4) is 0 Å². The molecule has 0 amide bonds. The molecule has 0 aliphatic heterocycles. The van der Waals surface area contributed by atoms with E-state index in [9.17, 15) is 0 Å². The molecular formula is C7H10F2ORu. The number of hydrogen-bond donors (Lipinski definition) is 0. The van der Waals surface area contributed by atoms with Crippen LogP contribution in [0.4, 0.5) is 9.41 Å². The number of ether oxygens (including phenoxy) is 1. The third kappa shape index (κ3) is 5.92. The number of para-hydroxylation sites is 1. The molecule has 0 N–H and O–H groups in total. The molecule has 0 aliphatic carbocycles. The molecule has 66 valence electrons. The van der Waals surface area contributed by atoms with Gasteiger partial charge in [-0.2, -0.15) is 0 Å². The maximum absolute atomic E-state index is 4.91. The second-order valence-electron chi connectivity index (χ2n) is 1.52. The zero-order chi connectivity index (χ0) is 5.82. The minimum atomic E-state index is 0. The number of halogens is 2. The van der Waals surface area contributed by atoms with Gasteiger partial charge in [0.05, 0.1) is 7.11 Å². The number of hydrogen-bond acceptors (Lipinski definition) is 1. The van der Waals surface area contributed by atoms with Crippen LogP contribution in [0, 0.1) is 0 Å². The average molecular weight is 249 g/mol. The summed E-state index contributed by atoms with van der Waals surface area (Å²) in [4.78, 5) is 0. The SMILES string of the molecule is COc1ccccc1.F.F.[Ru]. The van der Waals surface area contributed by atoms with Crippen LogP contribution in [0.2, 0.25) is 0 Å². The van der Waals surface area contributed by atoms with E-state index in [-0.39, 0.29) is 28.9 Å². The van der Waals surface area contributed by atoms with E-state index in [1.807, 2.05) is 30.3 Å². The van der Waals surface area contributed by atoms with Gasteiger partial charge in [-0.3, -0.25) is 9.41 Å². The molecule has 0 radical (unpaired) electrons. The Morgan fingerprint density at radius 1 is 1.00 bits per heavy atom.